The number of benzene rings is 1. The number of ketones is 1. The molecule has 0 fully saturated rings. The van der Waals surface area contributed by atoms with Gasteiger partial charge in [0.2, 0.25) is 0 Å². The Kier molecular flexibility index (Phi) is 3.22. The monoisotopic (exact) mass is 334 g/mol. The van der Waals surface area contributed by atoms with E-state index >= 15 is 0 Å². The topological polar surface area (TPSA) is 90.9 Å². The molecule has 0 unspecified atom stereocenters. The number of Topliss-reactive ketones (excluding diaryl/α,β-unsaturated/α-hetero) is 1. The van der Waals surface area contributed by atoms with Crippen molar-refractivity contribution in [2.75, 3.05) is 5.32 Å². The number of carbonyl (C=O) groups excluding carboxylic acids is 1. The lowest BCUT2D eigenvalue weighted by atomic mass is 9.73. The normalized spacial score (nSPS) is 21.2. The van der Waals surface area contributed by atoms with Crippen LogP contribution in [0.3, 0.4) is 0 Å². The highest BCUT2D eigenvalue weighted by Gasteiger charge is 2.41. The molecule has 1 aromatic heterocycles. The number of fused-ring (bicyclic) bond motifs is 1. The van der Waals surface area contributed by atoms with Crippen molar-refractivity contribution in [3.63, 3.8) is 0 Å². The SMILES string of the molecule is CC1(C)CC(=O)C2=C(C1)Nc1c(C#N)cnn1[C@H]2c1cccc(O)c1. The fourth-order valence-electron chi connectivity index (χ4n) is 3.80. The summed E-state index contributed by atoms with van der Waals surface area (Å²) < 4.78 is 1.67. The van der Waals surface area contributed by atoms with Crippen molar-refractivity contribution in [1.82, 2.24) is 9.78 Å². The Bertz CT molecular complexity index is 962. The number of aromatic hydroxyl groups is 1. The second-order valence-corrected chi connectivity index (χ2v) is 7.42. The number of carbonyl (C=O) groups is 1. The first-order chi connectivity index (χ1) is 11.9. The fraction of sp³-hybridized carbons (Fsp3) is 0.316. The lowest BCUT2D eigenvalue weighted by Crippen LogP contribution is -2.36. The molecule has 0 radical (unpaired) electrons. The zero-order chi connectivity index (χ0) is 17.8. The van der Waals surface area contributed by atoms with Crippen LogP contribution in [0.15, 0.2) is 41.7 Å². The van der Waals surface area contributed by atoms with Crippen LogP contribution >= 0.6 is 0 Å². The minimum atomic E-state index is -0.441. The molecular weight excluding hydrogens is 316 g/mol. The highest BCUT2D eigenvalue weighted by Crippen LogP contribution is 2.46. The van der Waals surface area contributed by atoms with Gasteiger partial charge in [-0.3, -0.25) is 4.79 Å². The van der Waals surface area contributed by atoms with E-state index in [0.29, 0.717) is 23.4 Å². The summed E-state index contributed by atoms with van der Waals surface area (Å²) in [4.78, 5) is 12.9. The molecule has 6 heteroatoms. The molecule has 2 aromatic rings. The molecule has 0 saturated carbocycles. The quantitative estimate of drug-likeness (QED) is 0.836. The molecular formula is C19H18N4O2. The van der Waals surface area contributed by atoms with E-state index in [1.807, 2.05) is 6.07 Å². The molecule has 2 aliphatic rings. The first-order valence-electron chi connectivity index (χ1n) is 8.19. The van der Waals surface area contributed by atoms with E-state index in [-0.39, 0.29) is 16.9 Å². The lowest BCUT2D eigenvalue weighted by molar-refractivity contribution is -0.118. The summed E-state index contributed by atoms with van der Waals surface area (Å²) in [6.07, 6.45) is 2.69. The second-order valence-electron chi connectivity index (χ2n) is 7.42. The number of nitriles is 1. The summed E-state index contributed by atoms with van der Waals surface area (Å²) in [7, 11) is 0. The maximum atomic E-state index is 12.9. The molecule has 6 nitrogen and oxygen atoms in total. The Labute approximate surface area is 145 Å². The molecule has 0 saturated heterocycles. The minimum Gasteiger partial charge on any atom is -0.508 e. The molecule has 2 N–H and O–H groups in total. The number of rotatable bonds is 1. The van der Waals surface area contributed by atoms with Crippen molar-refractivity contribution in [1.29, 1.82) is 5.26 Å². The van der Waals surface area contributed by atoms with E-state index in [1.165, 1.54) is 6.20 Å². The van der Waals surface area contributed by atoms with Crippen molar-refractivity contribution in [3.8, 4) is 11.8 Å². The third-order valence-electron chi connectivity index (χ3n) is 4.81. The van der Waals surface area contributed by atoms with E-state index in [0.717, 1.165) is 17.7 Å². The van der Waals surface area contributed by atoms with Crippen molar-refractivity contribution >= 4 is 11.6 Å². The highest BCUT2D eigenvalue weighted by atomic mass is 16.3. The van der Waals surface area contributed by atoms with Gasteiger partial charge in [-0.2, -0.15) is 10.4 Å². The molecule has 1 aliphatic heterocycles. The van der Waals surface area contributed by atoms with Crippen LogP contribution in [0.5, 0.6) is 5.75 Å². The predicted octanol–water partition coefficient (Wildman–Crippen LogP) is 3.12. The van der Waals surface area contributed by atoms with Crippen LogP contribution in [0, 0.1) is 16.7 Å². The van der Waals surface area contributed by atoms with Crippen molar-refractivity contribution in [3.05, 3.63) is 52.9 Å². The van der Waals surface area contributed by atoms with Crippen molar-refractivity contribution in [2.45, 2.75) is 32.7 Å². The van der Waals surface area contributed by atoms with Gasteiger partial charge in [0.15, 0.2) is 5.78 Å². The Morgan fingerprint density at radius 2 is 2.20 bits per heavy atom. The number of phenols is 1. The van der Waals surface area contributed by atoms with Crippen molar-refractivity contribution in [2.24, 2.45) is 5.41 Å². The zero-order valence-electron chi connectivity index (χ0n) is 14.1. The van der Waals surface area contributed by atoms with E-state index in [4.69, 9.17) is 0 Å². The molecule has 4 rings (SSSR count). The molecule has 0 bridgehead atoms. The van der Waals surface area contributed by atoms with Gasteiger partial charge >= 0.3 is 0 Å². The maximum absolute atomic E-state index is 12.9. The van der Waals surface area contributed by atoms with Gasteiger partial charge in [0, 0.05) is 17.7 Å². The summed E-state index contributed by atoms with van der Waals surface area (Å²) in [6, 6.07) is 8.55. The average Bonchev–Trinajstić information content (AvgIpc) is 2.94. The second kappa shape index (κ2) is 5.21. The Morgan fingerprint density at radius 1 is 1.40 bits per heavy atom. The van der Waals surface area contributed by atoms with Crippen LogP contribution in [0.1, 0.15) is 43.9 Å². The summed E-state index contributed by atoms with van der Waals surface area (Å²) >= 11 is 0. The predicted molar refractivity (Wildman–Crippen MR) is 91.9 cm³/mol. The van der Waals surface area contributed by atoms with Crippen LogP contribution in [0.25, 0.3) is 0 Å². The van der Waals surface area contributed by atoms with Gasteiger partial charge in [0.05, 0.1) is 6.20 Å². The number of anilines is 1. The average molecular weight is 334 g/mol. The summed E-state index contributed by atoms with van der Waals surface area (Å²) in [5.41, 5.74) is 2.59. The van der Waals surface area contributed by atoms with Crippen molar-refractivity contribution < 1.29 is 9.90 Å². The third-order valence-corrected chi connectivity index (χ3v) is 4.81. The number of aromatic nitrogens is 2. The standard InChI is InChI=1S/C19H18N4O2/c1-19(2)7-14-16(15(25)8-19)17(11-4-3-5-13(24)6-11)23-18(22-14)12(9-20)10-21-23/h3-6,10,17,22,24H,7-8H2,1-2H3/t17-/m0/s1. The number of hydrogen-bond acceptors (Lipinski definition) is 5. The number of hydrogen-bond donors (Lipinski definition) is 2. The molecule has 1 aliphatic carbocycles. The molecule has 126 valence electrons. The Balaban J connectivity index is 1.95. The van der Waals surface area contributed by atoms with Gasteiger partial charge in [0.1, 0.15) is 29.2 Å². The maximum Gasteiger partial charge on any atom is 0.163 e. The van der Waals surface area contributed by atoms with E-state index in [9.17, 15) is 15.2 Å². The Morgan fingerprint density at radius 3 is 2.92 bits per heavy atom. The Hall–Kier alpha value is -3.07. The summed E-state index contributed by atoms with van der Waals surface area (Å²) in [5.74, 6) is 0.808. The molecule has 1 aromatic carbocycles. The fourth-order valence-corrected chi connectivity index (χ4v) is 3.80. The van der Waals surface area contributed by atoms with Crippen LogP contribution < -0.4 is 5.32 Å². The van der Waals surface area contributed by atoms with E-state index in [1.54, 1.807) is 22.9 Å². The van der Waals surface area contributed by atoms with Gasteiger partial charge < -0.3 is 10.4 Å². The smallest absolute Gasteiger partial charge is 0.163 e. The molecule has 25 heavy (non-hydrogen) atoms. The third kappa shape index (κ3) is 2.40. The van der Waals surface area contributed by atoms with Gasteiger partial charge in [-0.05, 0) is 29.5 Å². The van der Waals surface area contributed by atoms with Crippen LogP contribution in [-0.2, 0) is 4.79 Å². The number of allylic oxidation sites excluding steroid dienone is 2. The molecule has 2 heterocycles. The van der Waals surface area contributed by atoms with E-state index < -0.39 is 6.04 Å². The van der Waals surface area contributed by atoms with Gasteiger partial charge in [-0.25, -0.2) is 4.68 Å². The molecule has 1 atom stereocenters. The van der Waals surface area contributed by atoms with Gasteiger partial charge in [-0.15, -0.1) is 0 Å². The van der Waals surface area contributed by atoms with Gasteiger partial charge in [0.25, 0.3) is 0 Å². The number of nitrogens with zero attached hydrogens (tertiary/aromatic N) is 3. The molecule has 0 spiro atoms. The van der Waals surface area contributed by atoms with Crippen LogP contribution in [-0.4, -0.2) is 20.7 Å². The number of nitrogens with one attached hydrogen (secondary N) is 1. The zero-order valence-corrected chi connectivity index (χ0v) is 14.1. The summed E-state index contributed by atoms with van der Waals surface area (Å²) in [6.45, 7) is 4.13. The first-order valence-corrected chi connectivity index (χ1v) is 8.19. The van der Waals surface area contributed by atoms with Gasteiger partial charge in [-0.1, -0.05) is 26.0 Å². The summed E-state index contributed by atoms with van der Waals surface area (Å²) in [5, 5.41) is 26.9. The van der Waals surface area contributed by atoms with Crippen LogP contribution in [0.4, 0.5) is 5.82 Å². The number of phenolic OH excluding ortho intramolecular Hbond substituents is 1. The largest absolute Gasteiger partial charge is 0.508 e. The van der Waals surface area contributed by atoms with E-state index in [2.05, 4.69) is 30.3 Å². The lowest BCUT2D eigenvalue weighted by Gasteiger charge is -2.38. The minimum absolute atomic E-state index is 0.0757. The molecule has 0 amide bonds. The first kappa shape index (κ1) is 15.5. The highest BCUT2D eigenvalue weighted by molar-refractivity contribution is 6.00. The van der Waals surface area contributed by atoms with Crippen LogP contribution in [0.2, 0.25) is 0 Å².